The molecule has 15 nitrogen and oxygen atoms in total. The molecule has 1 amide bonds. The van der Waals surface area contributed by atoms with Crippen molar-refractivity contribution < 1.29 is 38.7 Å². The number of carbonyl (C=O) groups excluding carboxylic acids is 2. The lowest BCUT2D eigenvalue weighted by atomic mass is 9.78. The molecule has 1 aromatic carbocycles. The number of guanidine groups is 1. The van der Waals surface area contributed by atoms with Crippen molar-refractivity contribution in [3.63, 3.8) is 0 Å². The molecule has 0 saturated carbocycles. The highest BCUT2D eigenvalue weighted by Gasteiger charge is 2.50. The van der Waals surface area contributed by atoms with Gasteiger partial charge in [-0.3, -0.25) is 14.7 Å². The van der Waals surface area contributed by atoms with E-state index in [0.717, 1.165) is 0 Å². The van der Waals surface area contributed by atoms with Gasteiger partial charge in [0.2, 0.25) is 11.7 Å². The monoisotopic (exact) mass is 631 g/mol. The molecule has 5 aliphatic heterocycles. The van der Waals surface area contributed by atoms with E-state index in [1.807, 2.05) is 29.3 Å². The molecule has 0 radical (unpaired) electrons. The fourth-order valence-corrected chi connectivity index (χ4v) is 6.59. The van der Waals surface area contributed by atoms with Crippen LogP contribution in [0.2, 0.25) is 0 Å². The van der Waals surface area contributed by atoms with Gasteiger partial charge in [-0.15, -0.1) is 0 Å². The standard InChI is InChI=1S/C31H33N7O8/c1-4-44-28(41)18-12-15(7-10-37-11-9-33-30(37)38-14-34-21-26(38)35-29(32)36-27(21)40)19-22(45-18)17(13-39)23-20(24(19)43-3)16-6-5-8-31(2,42)25(16)46-23/h5-7,9,11-12,16,25,30,33,39,42H,4,8,10,13-14H2,1-3H3,(H2,32,36,40). The summed E-state index contributed by atoms with van der Waals surface area (Å²) in [5, 5.41) is 25.1. The number of hydrogen-bond acceptors (Lipinski definition) is 14. The van der Waals surface area contributed by atoms with Crippen molar-refractivity contribution in [2.45, 2.75) is 50.8 Å². The van der Waals surface area contributed by atoms with E-state index >= 15 is 0 Å². The number of allylic oxidation sites excluding steroid dienone is 2. The van der Waals surface area contributed by atoms with Gasteiger partial charge < -0.3 is 45.1 Å². The largest absolute Gasteiger partial charge is 0.496 e. The molecule has 4 unspecified atom stereocenters. The van der Waals surface area contributed by atoms with E-state index in [-0.39, 0.29) is 42.4 Å². The van der Waals surface area contributed by atoms with Crippen LogP contribution in [0.4, 0.5) is 0 Å². The summed E-state index contributed by atoms with van der Waals surface area (Å²) in [5.74, 6) is -0.461. The van der Waals surface area contributed by atoms with E-state index in [1.54, 1.807) is 31.0 Å². The third kappa shape index (κ3) is 4.53. The van der Waals surface area contributed by atoms with Gasteiger partial charge in [0.05, 0.1) is 31.5 Å². The molecule has 0 spiro atoms. The first-order chi connectivity index (χ1) is 22.2. The van der Waals surface area contributed by atoms with Crippen LogP contribution in [0.3, 0.4) is 0 Å². The van der Waals surface area contributed by atoms with Crippen molar-refractivity contribution in [3.8, 4) is 17.2 Å². The zero-order chi connectivity index (χ0) is 32.3. The third-order valence-corrected chi connectivity index (χ3v) is 8.66. The zero-order valence-electron chi connectivity index (χ0n) is 25.4. The van der Waals surface area contributed by atoms with Crippen LogP contribution >= 0.6 is 0 Å². The lowest BCUT2D eigenvalue weighted by molar-refractivity contribution is -0.141. The minimum absolute atomic E-state index is 0.0753. The topological polar surface area (TPSA) is 193 Å². The smallest absolute Gasteiger partial charge is 0.374 e. The molecule has 0 saturated heterocycles. The number of amides is 1. The fraction of sp³-hybridized carbons (Fsp3) is 0.387. The predicted octanol–water partition coefficient (Wildman–Crippen LogP) is 0.593. The molecule has 5 N–H and O–H groups in total. The Morgan fingerprint density at radius 3 is 2.91 bits per heavy atom. The van der Waals surface area contributed by atoms with E-state index in [2.05, 4.69) is 20.3 Å². The number of rotatable bonds is 7. The lowest BCUT2D eigenvalue weighted by Gasteiger charge is -2.34. The van der Waals surface area contributed by atoms with Crippen LogP contribution in [0.25, 0.3) is 5.57 Å². The number of nitrogens with zero attached hydrogens (tertiary/aromatic N) is 5. The highest BCUT2D eigenvalue weighted by molar-refractivity contribution is 6.69. The minimum Gasteiger partial charge on any atom is -0.496 e. The highest BCUT2D eigenvalue weighted by Crippen LogP contribution is 2.58. The van der Waals surface area contributed by atoms with Crippen molar-refractivity contribution in [2.75, 3.05) is 26.9 Å². The molecule has 7 rings (SSSR count). The van der Waals surface area contributed by atoms with Gasteiger partial charge in [-0.25, -0.2) is 4.79 Å². The summed E-state index contributed by atoms with van der Waals surface area (Å²) in [6.45, 7) is 3.55. The Balaban J connectivity index is 1.30. The highest BCUT2D eigenvalue weighted by atomic mass is 16.6. The Morgan fingerprint density at radius 2 is 2.15 bits per heavy atom. The van der Waals surface area contributed by atoms with Crippen molar-refractivity contribution in [1.29, 1.82) is 0 Å². The maximum Gasteiger partial charge on any atom is 0.374 e. The maximum absolute atomic E-state index is 13.0. The number of amidine groups is 1. The van der Waals surface area contributed by atoms with Crippen LogP contribution in [0.5, 0.6) is 17.2 Å². The minimum atomic E-state index is -1.17. The number of aliphatic hydroxyl groups is 2. The zero-order valence-corrected chi connectivity index (χ0v) is 25.4. The average molecular weight is 632 g/mol. The van der Waals surface area contributed by atoms with Gasteiger partial charge in [-0.2, -0.15) is 9.98 Å². The van der Waals surface area contributed by atoms with Gasteiger partial charge >= 0.3 is 11.9 Å². The molecule has 1 aromatic rings. The Hall–Kier alpha value is -5.15. The van der Waals surface area contributed by atoms with Gasteiger partial charge in [0.15, 0.2) is 17.8 Å². The summed E-state index contributed by atoms with van der Waals surface area (Å²) in [7, 11) is 1.53. The Kier molecular flexibility index (Phi) is 7.09. The van der Waals surface area contributed by atoms with Crippen molar-refractivity contribution >= 4 is 35.0 Å². The number of aliphatic hydroxyl groups excluding tert-OH is 1. The number of benzene rings is 1. The molecule has 0 bridgehead atoms. The summed E-state index contributed by atoms with van der Waals surface area (Å²) in [6, 6.07) is 0. The second kappa shape index (κ2) is 11.0. The number of hydrogen-bond donors (Lipinski definition) is 4. The number of esters is 1. The lowest BCUT2D eigenvalue weighted by Crippen LogP contribution is -2.53. The second-order valence-electron chi connectivity index (χ2n) is 11.5. The van der Waals surface area contributed by atoms with Crippen molar-refractivity contribution in [1.82, 2.24) is 15.1 Å². The normalized spacial score (nSPS) is 27.8. The van der Waals surface area contributed by atoms with E-state index in [1.165, 1.54) is 7.11 Å². The van der Waals surface area contributed by atoms with E-state index in [0.29, 0.717) is 52.6 Å². The summed E-state index contributed by atoms with van der Waals surface area (Å²) in [4.78, 5) is 41.3. The third-order valence-electron chi connectivity index (χ3n) is 8.66. The molecule has 240 valence electrons. The van der Waals surface area contributed by atoms with Gasteiger partial charge in [0.1, 0.15) is 35.6 Å². The molecule has 4 atom stereocenters. The Labute approximate surface area is 263 Å². The predicted molar refractivity (Wildman–Crippen MR) is 165 cm³/mol. The maximum atomic E-state index is 13.0. The van der Waals surface area contributed by atoms with Crippen molar-refractivity contribution in [2.24, 2.45) is 20.7 Å². The van der Waals surface area contributed by atoms with E-state index in [9.17, 15) is 19.8 Å². The molecule has 6 aliphatic rings. The Bertz CT molecular complexity index is 1750. The summed E-state index contributed by atoms with van der Waals surface area (Å²) in [6.07, 6.45) is 10.3. The molecule has 0 fully saturated rings. The number of methoxy groups -OCH3 is 1. The molecular formula is C31H33N7O8. The van der Waals surface area contributed by atoms with Crippen LogP contribution in [-0.2, 0) is 20.9 Å². The molecular weight excluding hydrogens is 598 g/mol. The van der Waals surface area contributed by atoms with Crippen LogP contribution in [0.1, 0.15) is 42.9 Å². The van der Waals surface area contributed by atoms with Gasteiger partial charge in [-0.1, -0.05) is 18.2 Å². The molecule has 15 heteroatoms. The van der Waals surface area contributed by atoms with Crippen molar-refractivity contribution in [3.05, 3.63) is 59.2 Å². The Morgan fingerprint density at radius 1 is 1.33 bits per heavy atom. The van der Waals surface area contributed by atoms with E-state index in [4.69, 9.17) is 24.7 Å². The van der Waals surface area contributed by atoms with Crippen LogP contribution < -0.4 is 25.3 Å². The number of nitrogens with two attached hydrogens (primary N) is 1. The number of nitrogens with one attached hydrogen (secondary N) is 1. The first kappa shape index (κ1) is 29.6. The van der Waals surface area contributed by atoms with E-state index < -0.39 is 36.5 Å². The second-order valence-corrected chi connectivity index (χ2v) is 11.5. The molecule has 1 aliphatic carbocycles. The quantitative estimate of drug-likeness (QED) is 0.242. The van der Waals surface area contributed by atoms with Crippen LogP contribution in [0.15, 0.2) is 57.4 Å². The van der Waals surface area contributed by atoms with Crippen LogP contribution in [-0.4, -0.2) is 94.3 Å². The molecule has 46 heavy (non-hydrogen) atoms. The van der Waals surface area contributed by atoms with Gasteiger partial charge in [0, 0.05) is 30.4 Å². The average Bonchev–Trinajstić information content (AvgIpc) is 3.76. The first-order valence-corrected chi connectivity index (χ1v) is 14.8. The summed E-state index contributed by atoms with van der Waals surface area (Å²) >= 11 is 0. The number of carbonyl (C=O) groups is 2. The van der Waals surface area contributed by atoms with Gasteiger partial charge in [-0.05, 0) is 31.9 Å². The molecule has 0 aromatic heterocycles. The summed E-state index contributed by atoms with van der Waals surface area (Å²) < 4.78 is 23.8. The fourth-order valence-electron chi connectivity index (χ4n) is 6.59. The number of ether oxygens (including phenoxy) is 4. The van der Waals surface area contributed by atoms with Gasteiger partial charge in [0.25, 0.3) is 0 Å². The first-order valence-electron chi connectivity index (χ1n) is 14.8. The van der Waals surface area contributed by atoms with Crippen LogP contribution in [0, 0.1) is 0 Å². The number of aliphatic imine (C=N–C) groups is 3. The SMILES string of the molecule is CCOC(=O)C1=CC(=CCN2C=CNC2N2CN=C3C(=O)N=C(N)N=C32)c2c(c(CO)c3c(c2OC)C2C=CCC(C)(O)C2O3)O1. The molecule has 5 heterocycles. The summed E-state index contributed by atoms with van der Waals surface area (Å²) in [5.41, 5.74) is 6.85. The number of fused-ring (bicyclic) bond motifs is 5.